The van der Waals surface area contributed by atoms with Crippen LogP contribution >= 0.6 is 20.7 Å². The van der Waals surface area contributed by atoms with E-state index in [0.29, 0.717) is 11.9 Å². The predicted molar refractivity (Wildman–Crippen MR) is 41.8 cm³/mol. The van der Waals surface area contributed by atoms with Crippen LogP contribution in [0.1, 0.15) is 11.3 Å². The zero-order valence-corrected chi connectivity index (χ0v) is 6.80. The van der Waals surface area contributed by atoms with Crippen molar-refractivity contribution in [3.63, 3.8) is 0 Å². The summed E-state index contributed by atoms with van der Waals surface area (Å²) in [6.45, 7) is 0. The molecule has 0 spiro atoms. The molecule has 52 valence electrons. The second kappa shape index (κ2) is 1.46. The lowest BCUT2D eigenvalue weighted by molar-refractivity contribution is -0.123. The highest BCUT2D eigenvalue weighted by atomic mass is 32.9. The first kappa shape index (κ1) is 5.32. The summed E-state index contributed by atoms with van der Waals surface area (Å²) >= 11 is 0. The van der Waals surface area contributed by atoms with E-state index >= 15 is 0 Å². The van der Waals surface area contributed by atoms with Gasteiger partial charge >= 0.3 is 0 Å². The van der Waals surface area contributed by atoms with Crippen LogP contribution in [0.15, 0.2) is 0 Å². The van der Waals surface area contributed by atoms with Crippen molar-refractivity contribution in [2.75, 3.05) is 4.90 Å². The van der Waals surface area contributed by atoms with Gasteiger partial charge in [-0.3, -0.25) is 9.69 Å². The third kappa shape index (κ3) is 0.412. The smallest absolute Gasteiger partial charge is 0.230 e. The monoisotopic (exact) mass is 171 g/mol. The number of carbonyl (C=O) groups excluding carboxylic acids is 1. The Hall–Kier alpha value is -0.350. The van der Waals surface area contributed by atoms with E-state index in [4.69, 9.17) is 0 Å². The fourth-order valence-corrected chi connectivity index (χ4v) is 3.89. The number of hydrogen-bond donors (Lipinski definition) is 0. The van der Waals surface area contributed by atoms with Crippen LogP contribution in [0, 0.1) is 0 Å². The van der Waals surface area contributed by atoms with E-state index in [1.807, 2.05) is 15.2 Å². The largest absolute Gasteiger partial charge is 0.298 e. The number of fused-ring (bicyclic) bond motifs is 3. The number of nitrogens with zero attached hydrogens (tertiary/aromatic N) is 1. The summed E-state index contributed by atoms with van der Waals surface area (Å²) in [6, 6.07) is 0.556. The van der Waals surface area contributed by atoms with E-state index < -0.39 is 0 Å². The summed E-state index contributed by atoms with van der Waals surface area (Å²) in [4.78, 5) is 14.4. The zero-order chi connectivity index (χ0) is 6.72. The molecular formula is C6H5NOS2. The molecule has 0 radical (unpaired) electrons. The van der Waals surface area contributed by atoms with Crippen LogP contribution in [0.4, 0.5) is 5.00 Å². The van der Waals surface area contributed by atoms with Gasteiger partial charge in [-0.15, -0.1) is 0 Å². The lowest BCUT2D eigenvalue weighted by Gasteiger charge is -2.33. The van der Waals surface area contributed by atoms with E-state index in [9.17, 15) is 4.79 Å². The van der Waals surface area contributed by atoms with Crippen molar-refractivity contribution in [3.8, 4) is 0 Å². The van der Waals surface area contributed by atoms with Gasteiger partial charge in [0.25, 0.3) is 0 Å². The quantitative estimate of drug-likeness (QED) is 0.427. The lowest BCUT2D eigenvalue weighted by atomic mass is 10.0. The molecule has 10 heavy (non-hydrogen) atoms. The van der Waals surface area contributed by atoms with Crippen LogP contribution in [0.3, 0.4) is 0 Å². The van der Waals surface area contributed by atoms with Gasteiger partial charge in [0.15, 0.2) is 0 Å². The van der Waals surface area contributed by atoms with Crippen molar-refractivity contribution in [2.45, 2.75) is 18.9 Å². The maximum absolute atomic E-state index is 11.0. The van der Waals surface area contributed by atoms with Gasteiger partial charge in [-0.25, -0.2) is 0 Å². The molecule has 0 aliphatic carbocycles. The lowest BCUT2D eigenvalue weighted by Crippen LogP contribution is -2.50. The maximum Gasteiger partial charge on any atom is 0.230 e. The number of anilines is 1. The normalized spacial score (nSPS) is 28.2. The Morgan fingerprint density at radius 2 is 2.30 bits per heavy atom. The van der Waals surface area contributed by atoms with Gasteiger partial charge in [-0.1, -0.05) is 20.7 Å². The van der Waals surface area contributed by atoms with Crippen molar-refractivity contribution >= 4 is 31.6 Å². The number of rotatable bonds is 0. The molecule has 2 aliphatic heterocycles. The Morgan fingerprint density at radius 3 is 2.80 bits per heavy atom. The van der Waals surface area contributed by atoms with Crippen LogP contribution < -0.4 is 4.90 Å². The molecule has 0 N–H and O–H groups in total. The molecule has 0 aromatic carbocycles. The molecule has 2 nitrogen and oxygen atoms in total. The SMILES string of the molecule is O=C1C[C@H]2Cc3ssc3N12. The Balaban J connectivity index is 2.09. The standard InChI is InChI=1S/C6H5NOS2/c8-5-2-3-1-4-6(7(3)5)10-9-4/h3H,1-2H2/t3-/m1/s1. The molecule has 0 bridgehead atoms. The van der Waals surface area contributed by atoms with Crippen LogP contribution in [-0.2, 0) is 11.2 Å². The van der Waals surface area contributed by atoms with Gasteiger partial charge in [-0.05, 0) is 0 Å². The zero-order valence-electron chi connectivity index (χ0n) is 5.16. The van der Waals surface area contributed by atoms with Gasteiger partial charge in [0, 0.05) is 12.8 Å². The molecule has 3 rings (SSSR count). The average molecular weight is 171 g/mol. The van der Waals surface area contributed by atoms with Crippen LogP contribution in [0.25, 0.3) is 0 Å². The molecule has 3 heterocycles. The molecular weight excluding hydrogens is 166 g/mol. The average Bonchev–Trinajstić information content (AvgIpc) is 2.06. The second-order valence-electron chi connectivity index (χ2n) is 2.72. The van der Waals surface area contributed by atoms with Crippen LogP contribution in [0.2, 0.25) is 0 Å². The van der Waals surface area contributed by atoms with Crippen molar-refractivity contribution in [1.29, 1.82) is 0 Å². The number of hydrogen-bond acceptors (Lipinski definition) is 3. The summed E-state index contributed by atoms with van der Waals surface area (Å²) in [5.74, 6) is 0.322. The molecule has 1 fully saturated rings. The number of amides is 1. The van der Waals surface area contributed by atoms with E-state index in [0.717, 1.165) is 12.8 Å². The first-order valence-corrected chi connectivity index (χ1v) is 5.41. The summed E-state index contributed by atoms with van der Waals surface area (Å²) in [7, 11) is 3.57. The minimum Gasteiger partial charge on any atom is -0.298 e. The van der Waals surface area contributed by atoms with E-state index in [1.165, 1.54) is 9.88 Å². The molecule has 1 saturated heterocycles. The first-order chi connectivity index (χ1) is 4.86. The fourth-order valence-electron chi connectivity index (χ4n) is 1.57. The summed E-state index contributed by atoms with van der Waals surface area (Å²) in [5, 5.41) is 1.26. The third-order valence-corrected chi connectivity index (χ3v) is 4.85. The van der Waals surface area contributed by atoms with Crippen molar-refractivity contribution < 1.29 is 4.79 Å². The second-order valence-corrected chi connectivity index (χ2v) is 4.93. The van der Waals surface area contributed by atoms with Crippen molar-refractivity contribution in [3.05, 3.63) is 4.88 Å². The Kier molecular flexibility index (Phi) is 0.774. The summed E-state index contributed by atoms with van der Waals surface area (Å²) in [5.41, 5.74) is 0. The van der Waals surface area contributed by atoms with Crippen LogP contribution in [-0.4, -0.2) is 11.9 Å². The molecule has 4 heteroatoms. The van der Waals surface area contributed by atoms with E-state index in [2.05, 4.69) is 0 Å². The maximum atomic E-state index is 11.0. The van der Waals surface area contributed by atoms with Gasteiger partial charge < -0.3 is 0 Å². The molecule has 0 saturated carbocycles. The molecule has 0 unspecified atom stereocenters. The Morgan fingerprint density at radius 1 is 1.40 bits per heavy atom. The minimum absolute atomic E-state index is 0.322. The molecule has 1 aromatic heterocycles. The fraction of sp³-hybridized carbons (Fsp3) is 0.500. The van der Waals surface area contributed by atoms with E-state index in [-0.39, 0.29) is 0 Å². The third-order valence-electron chi connectivity index (χ3n) is 2.14. The molecule has 2 aliphatic rings. The van der Waals surface area contributed by atoms with Gasteiger partial charge in [0.05, 0.1) is 10.9 Å². The van der Waals surface area contributed by atoms with Crippen molar-refractivity contribution in [2.24, 2.45) is 0 Å². The van der Waals surface area contributed by atoms with E-state index in [1.54, 1.807) is 10.3 Å². The first-order valence-electron chi connectivity index (χ1n) is 3.26. The number of β-lactam (4-membered cyclic amide) rings is 1. The molecule has 1 amide bonds. The predicted octanol–water partition coefficient (Wildman–Crippen LogP) is 1.47. The Bertz CT molecular complexity index is 301. The van der Waals surface area contributed by atoms with Crippen LogP contribution in [0.5, 0.6) is 0 Å². The highest BCUT2D eigenvalue weighted by molar-refractivity contribution is 7.74. The summed E-state index contributed by atoms with van der Waals surface area (Å²) < 4.78 is 0. The number of carbonyl (C=O) groups is 1. The molecule has 1 atom stereocenters. The topological polar surface area (TPSA) is 20.3 Å². The van der Waals surface area contributed by atoms with Gasteiger partial charge in [0.1, 0.15) is 5.00 Å². The van der Waals surface area contributed by atoms with Crippen molar-refractivity contribution in [1.82, 2.24) is 0 Å². The highest BCUT2D eigenvalue weighted by Gasteiger charge is 2.45. The highest BCUT2D eigenvalue weighted by Crippen LogP contribution is 2.49. The summed E-state index contributed by atoms with van der Waals surface area (Å²) in [6.07, 6.45) is 1.92. The Labute approximate surface area is 65.5 Å². The minimum atomic E-state index is 0.322. The van der Waals surface area contributed by atoms with Gasteiger partial charge in [0.2, 0.25) is 5.91 Å². The molecule has 1 aromatic rings. The van der Waals surface area contributed by atoms with Gasteiger partial charge in [-0.2, -0.15) is 0 Å².